The van der Waals surface area contributed by atoms with Gasteiger partial charge in [0, 0.05) is 0 Å². The molecule has 2 aromatic rings. The zero-order chi connectivity index (χ0) is 11.8. The summed E-state index contributed by atoms with van der Waals surface area (Å²) < 4.78 is 0. The fourth-order valence-electron chi connectivity index (χ4n) is 1.84. The van der Waals surface area contributed by atoms with E-state index in [0.29, 0.717) is 5.75 Å². The summed E-state index contributed by atoms with van der Waals surface area (Å²) in [6.07, 6.45) is 0. The summed E-state index contributed by atoms with van der Waals surface area (Å²) in [5, 5.41) is 0.856. The topological polar surface area (TPSA) is 58.1 Å². The zero-order valence-corrected chi connectivity index (χ0v) is 10.1. The molecule has 17 heavy (non-hydrogen) atoms. The second kappa shape index (κ2) is 4.00. The molecule has 1 aromatic carbocycles. The lowest BCUT2D eigenvalue weighted by Gasteiger charge is -2.05. The number of fused-ring (bicyclic) bond motifs is 1. The van der Waals surface area contributed by atoms with Crippen molar-refractivity contribution in [2.45, 2.75) is 12.8 Å². The van der Waals surface area contributed by atoms with Gasteiger partial charge in [0.15, 0.2) is 0 Å². The molecule has 2 heterocycles. The van der Waals surface area contributed by atoms with E-state index in [9.17, 15) is 4.79 Å². The number of thioether (sulfide) groups is 1. The molecular weight excluding hydrogens is 234 g/mol. The van der Waals surface area contributed by atoms with Crippen LogP contribution in [-0.2, 0) is 4.79 Å². The van der Waals surface area contributed by atoms with Gasteiger partial charge in [-0.15, -0.1) is 0 Å². The van der Waals surface area contributed by atoms with Crippen LogP contribution in [0.4, 0.5) is 0 Å². The van der Waals surface area contributed by atoms with E-state index in [4.69, 9.17) is 0 Å². The third-order valence-electron chi connectivity index (χ3n) is 2.77. The molecule has 86 valence electrons. The molecule has 1 amide bonds. The zero-order valence-electron chi connectivity index (χ0n) is 9.30. The Morgan fingerprint density at radius 2 is 2.24 bits per heavy atom. The number of aromatic amines is 1. The molecule has 0 saturated heterocycles. The predicted molar refractivity (Wildman–Crippen MR) is 69.4 cm³/mol. The smallest absolute Gasteiger partial charge is 0.256 e. The fourth-order valence-corrected chi connectivity index (χ4v) is 2.70. The molecule has 1 aromatic heterocycles. The molecular formula is C12H11N3OS. The largest absolute Gasteiger partial charge is 0.341 e. The Balaban J connectivity index is 1.98. The van der Waals surface area contributed by atoms with Crippen molar-refractivity contribution in [1.29, 1.82) is 0 Å². The van der Waals surface area contributed by atoms with E-state index < -0.39 is 0 Å². The number of rotatable bonds is 2. The van der Waals surface area contributed by atoms with Crippen LogP contribution < -0.4 is 0 Å². The van der Waals surface area contributed by atoms with Crippen molar-refractivity contribution in [1.82, 2.24) is 9.97 Å². The number of carbonyl (C=O) groups is 1. The van der Waals surface area contributed by atoms with Gasteiger partial charge >= 0.3 is 0 Å². The van der Waals surface area contributed by atoms with Crippen LogP contribution in [0.1, 0.15) is 18.7 Å². The SMILES string of the molecule is CC(C1=NC(=O)CS1)c1nc2ccccc2[nH]1. The highest BCUT2D eigenvalue weighted by Crippen LogP contribution is 2.27. The van der Waals surface area contributed by atoms with Crippen molar-refractivity contribution in [3.63, 3.8) is 0 Å². The summed E-state index contributed by atoms with van der Waals surface area (Å²) in [4.78, 5) is 22.9. The maximum Gasteiger partial charge on any atom is 0.256 e. The first-order chi connectivity index (χ1) is 8.24. The van der Waals surface area contributed by atoms with E-state index >= 15 is 0 Å². The van der Waals surface area contributed by atoms with Crippen molar-refractivity contribution in [2.75, 3.05) is 5.75 Å². The molecule has 1 unspecified atom stereocenters. The van der Waals surface area contributed by atoms with Gasteiger partial charge in [-0.1, -0.05) is 23.9 Å². The van der Waals surface area contributed by atoms with Gasteiger partial charge in [0.25, 0.3) is 5.91 Å². The van der Waals surface area contributed by atoms with Crippen molar-refractivity contribution in [2.24, 2.45) is 4.99 Å². The second-order valence-electron chi connectivity index (χ2n) is 3.99. The number of nitrogens with zero attached hydrogens (tertiary/aromatic N) is 2. The van der Waals surface area contributed by atoms with Gasteiger partial charge in [-0.3, -0.25) is 4.79 Å². The highest BCUT2D eigenvalue weighted by atomic mass is 32.2. The molecule has 1 N–H and O–H groups in total. The van der Waals surface area contributed by atoms with Crippen LogP contribution in [0, 0.1) is 0 Å². The van der Waals surface area contributed by atoms with Crippen LogP contribution in [0.5, 0.6) is 0 Å². The third-order valence-corrected chi connectivity index (χ3v) is 3.90. The summed E-state index contributed by atoms with van der Waals surface area (Å²) >= 11 is 1.50. The number of nitrogens with one attached hydrogen (secondary N) is 1. The number of carbonyl (C=O) groups excluding carboxylic acids is 1. The molecule has 1 aliphatic rings. The number of amides is 1. The number of aliphatic imine (C=N–C) groups is 1. The van der Waals surface area contributed by atoms with Crippen molar-refractivity contribution in [3.05, 3.63) is 30.1 Å². The highest BCUT2D eigenvalue weighted by Gasteiger charge is 2.23. The maximum absolute atomic E-state index is 11.1. The summed E-state index contributed by atoms with van der Waals surface area (Å²) in [5.41, 5.74) is 1.97. The minimum Gasteiger partial charge on any atom is -0.341 e. The number of para-hydroxylation sites is 2. The normalized spacial score (nSPS) is 17.5. The molecule has 0 radical (unpaired) electrons. The lowest BCUT2D eigenvalue weighted by atomic mass is 10.2. The molecule has 0 fully saturated rings. The molecule has 0 saturated carbocycles. The molecule has 3 rings (SSSR count). The predicted octanol–water partition coefficient (Wildman–Crippen LogP) is 2.34. The van der Waals surface area contributed by atoms with Crippen LogP contribution in [-0.4, -0.2) is 26.7 Å². The van der Waals surface area contributed by atoms with E-state index in [1.54, 1.807) is 0 Å². The highest BCUT2D eigenvalue weighted by molar-refractivity contribution is 8.15. The van der Waals surface area contributed by atoms with Gasteiger partial charge in [0.05, 0.1) is 27.7 Å². The van der Waals surface area contributed by atoms with Crippen LogP contribution in [0.15, 0.2) is 29.3 Å². The van der Waals surface area contributed by atoms with E-state index in [1.807, 2.05) is 31.2 Å². The van der Waals surface area contributed by atoms with Crippen molar-refractivity contribution >= 4 is 33.7 Å². The van der Waals surface area contributed by atoms with Gasteiger partial charge in [0.2, 0.25) is 0 Å². The minimum absolute atomic E-state index is 0.0482. The van der Waals surface area contributed by atoms with E-state index in [2.05, 4.69) is 15.0 Å². The summed E-state index contributed by atoms with van der Waals surface area (Å²) in [5.74, 6) is 1.33. The fraction of sp³-hybridized carbons (Fsp3) is 0.250. The molecule has 1 aliphatic heterocycles. The first-order valence-electron chi connectivity index (χ1n) is 5.43. The van der Waals surface area contributed by atoms with Gasteiger partial charge in [-0.25, -0.2) is 9.98 Å². The van der Waals surface area contributed by atoms with Crippen LogP contribution in [0.3, 0.4) is 0 Å². The minimum atomic E-state index is -0.0482. The number of hydrogen-bond acceptors (Lipinski definition) is 3. The lowest BCUT2D eigenvalue weighted by molar-refractivity contribution is -0.115. The average Bonchev–Trinajstić information content (AvgIpc) is 2.93. The van der Waals surface area contributed by atoms with E-state index in [-0.39, 0.29) is 11.8 Å². The van der Waals surface area contributed by atoms with E-state index in [0.717, 1.165) is 21.9 Å². The molecule has 0 spiro atoms. The molecule has 0 aliphatic carbocycles. The summed E-state index contributed by atoms with van der Waals surface area (Å²) in [6, 6.07) is 7.90. The number of imidazole rings is 1. The lowest BCUT2D eigenvalue weighted by Crippen LogP contribution is -2.05. The summed E-state index contributed by atoms with van der Waals surface area (Å²) in [6.45, 7) is 2.02. The Kier molecular flexibility index (Phi) is 2.48. The number of benzene rings is 1. The quantitative estimate of drug-likeness (QED) is 0.883. The van der Waals surface area contributed by atoms with Gasteiger partial charge in [-0.05, 0) is 19.1 Å². The summed E-state index contributed by atoms with van der Waals surface area (Å²) in [7, 11) is 0. The maximum atomic E-state index is 11.1. The van der Waals surface area contributed by atoms with Crippen LogP contribution >= 0.6 is 11.8 Å². The van der Waals surface area contributed by atoms with Gasteiger partial charge in [0.1, 0.15) is 5.82 Å². The number of hydrogen-bond donors (Lipinski definition) is 1. The first kappa shape index (κ1) is 10.5. The standard InChI is InChI=1S/C12H11N3OS/c1-7(12-15-10(16)6-17-12)11-13-8-4-2-3-5-9(8)14-11/h2-5,7H,6H2,1H3,(H,13,14). The molecule has 0 bridgehead atoms. The Labute approximate surface area is 103 Å². The average molecular weight is 245 g/mol. The number of H-pyrrole nitrogens is 1. The Bertz CT molecular complexity index is 584. The Morgan fingerprint density at radius 1 is 1.41 bits per heavy atom. The Morgan fingerprint density at radius 3 is 2.94 bits per heavy atom. The van der Waals surface area contributed by atoms with Crippen LogP contribution in [0.2, 0.25) is 0 Å². The number of aromatic nitrogens is 2. The van der Waals surface area contributed by atoms with Crippen LogP contribution in [0.25, 0.3) is 11.0 Å². The Hall–Kier alpha value is -1.62. The van der Waals surface area contributed by atoms with Gasteiger partial charge < -0.3 is 4.98 Å². The molecule has 1 atom stereocenters. The second-order valence-corrected chi connectivity index (χ2v) is 4.99. The van der Waals surface area contributed by atoms with Crippen molar-refractivity contribution in [3.8, 4) is 0 Å². The van der Waals surface area contributed by atoms with E-state index in [1.165, 1.54) is 11.8 Å². The van der Waals surface area contributed by atoms with Gasteiger partial charge in [-0.2, -0.15) is 0 Å². The monoisotopic (exact) mass is 245 g/mol. The molecule has 5 heteroatoms. The molecule has 4 nitrogen and oxygen atoms in total. The first-order valence-corrected chi connectivity index (χ1v) is 6.41. The van der Waals surface area contributed by atoms with Crippen molar-refractivity contribution < 1.29 is 4.79 Å². The third kappa shape index (κ3) is 1.86.